The maximum atomic E-state index is 12.5. The molecule has 0 aliphatic heterocycles. The van der Waals surface area contributed by atoms with Gasteiger partial charge in [0.15, 0.2) is 10.9 Å². The first kappa shape index (κ1) is 22.4. The van der Waals surface area contributed by atoms with Gasteiger partial charge in [0.2, 0.25) is 17.6 Å². The molecule has 3 rings (SSSR count). The van der Waals surface area contributed by atoms with Crippen LogP contribution in [0.5, 0.6) is 0 Å². The third kappa shape index (κ3) is 5.43. The molecule has 2 heterocycles. The van der Waals surface area contributed by atoms with Gasteiger partial charge in [0.25, 0.3) is 0 Å². The monoisotopic (exact) mass is 439 g/mol. The maximum absolute atomic E-state index is 12.5. The van der Waals surface area contributed by atoms with Crippen LogP contribution in [0.4, 0.5) is 5.69 Å². The molecule has 9 heteroatoms. The van der Waals surface area contributed by atoms with Crippen LogP contribution >= 0.6 is 11.8 Å². The summed E-state index contributed by atoms with van der Waals surface area (Å²) < 4.78 is 7.24. The Bertz CT molecular complexity index is 1050. The molecule has 0 saturated carbocycles. The van der Waals surface area contributed by atoms with Crippen LogP contribution in [-0.4, -0.2) is 38.4 Å². The first-order valence-electron chi connectivity index (χ1n) is 9.79. The number of nitrogens with one attached hydrogen (secondary N) is 2. The van der Waals surface area contributed by atoms with Gasteiger partial charge in [-0.25, -0.2) is 0 Å². The quantitative estimate of drug-likeness (QED) is 0.390. The van der Waals surface area contributed by atoms with Crippen molar-refractivity contribution in [3.8, 4) is 11.6 Å². The fourth-order valence-electron chi connectivity index (χ4n) is 2.98. The van der Waals surface area contributed by atoms with Gasteiger partial charge in [-0.3, -0.25) is 14.2 Å². The van der Waals surface area contributed by atoms with E-state index in [0.717, 1.165) is 16.8 Å². The summed E-state index contributed by atoms with van der Waals surface area (Å²) in [4.78, 5) is 24.8. The van der Waals surface area contributed by atoms with Crippen LogP contribution < -0.4 is 10.6 Å². The highest BCUT2D eigenvalue weighted by Gasteiger charge is 2.21. The minimum atomic E-state index is -0.481. The van der Waals surface area contributed by atoms with Crippen molar-refractivity contribution in [1.29, 1.82) is 0 Å². The Morgan fingerprint density at radius 1 is 1.23 bits per heavy atom. The van der Waals surface area contributed by atoms with Gasteiger partial charge in [0.1, 0.15) is 0 Å². The van der Waals surface area contributed by atoms with Crippen LogP contribution in [0.25, 0.3) is 11.6 Å². The molecule has 0 aliphatic carbocycles. The molecular weight excluding hydrogens is 414 g/mol. The number of aromatic nitrogens is 3. The van der Waals surface area contributed by atoms with Crippen molar-refractivity contribution in [2.75, 3.05) is 11.9 Å². The van der Waals surface area contributed by atoms with E-state index in [1.807, 2.05) is 36.6 Å². The van der Waals surface area contributed by atoms with Crippen LogP contribution in [0.2, 0.25) is 0 Å². The van der Waals surface area contributed by atoms with Gasteiger partial charge in [-0.05, 0) is 44.0 Å². The van der Waals surface area contributed by atoms with E-state index in [9.17, 15) is 9.59 Å². The van der Waals surface area contributed by atoms with E-state index in [-0.39, 0.29) is 18.4 Å². The molecule has 3 aromatic rings. The Hall–Kier alpha value is -3.33. The first-order chi connectivity index (χ1) is 14.9. The van der Waals surface area contributed by atoms with E-state index in [0.29, 0.717) is 23.3 Å². The molecule has 1 atom stereocenters. The van der Waals surface area contributed by atoms with E-state index in [1.165, 1.54) is 11.8 Å². The van der Waals surface area contributed by atoms with Gasteiger partial charge < -0.3 is 15.1 Å². The number of allylic oxidation sites excluding steroid dienone is 1. The highest BCUT2D eigenvalue weighted by Crippen LogP contribution is 2.27. The van der Waals surface area contributed by atoms with Crippen molar-refractivity contribution in [3.05, 3.63) is 60.4 Å². The number of anilines is 1. The molecule has 8 nitrogen and oxygen atoms in total. The molecule has 2 N–H and O–H groups in total. The van der Waals surface area contributed by atoms with Crippen molar-refractivity contribution in [3.63, 3.8) is 0 Å². The average molecular weight is 440 g/mol. The predicted octanol–water partition coefficient (Wildman–Crippen LogP) is 3.58. The highest BCUT2D eigenvalue weighted by atomic mass is 32.2. The first-order valence-corrected chi connectivity index (χ1v) is 10.7. The van der Waals surface area contributed by atoms with Gasteiger partial charge in [-0.1, -0.05) is 36.0 Å². The lowest BCUT2D eigenvalue weighted by molar-refractivity contribution is -0.123. The van der Waals surface area contributed by atoms with Crippen LogP contribution in [-0.2, 0) is 16.1 Å². The predicted molar refractivity (Wildman–Crippen MR) is 121 cm³/mol. The lowest BCUT2D eigenvalue weighted by Gasteiger charge is -2.14. The topological polar surface area (TPSA) is 102 Å². The second kappa shape index (κ2) is 10.1. The van der Waals surface area contributed by atoms with E-state index in [1.54, 1.807) is 31.4 Å². The molecule has 1 unspecified atom stereocenters. The molecule has 0 spiro atoms. The number of hydrogen-bond acceptors (Lipinski definition) is 6. The maximum Gasteiger partial charge on any atom is 0.243 e. The van der Waals surface area contributed by atoms with Crippen molar-refractivity contribution in [2.45, 2.75) is 37.7 Å². The number of amides is 2. The number of nitrogens with zero attached hydrogens (tertiary/aromatic N) is 3. The molecule has 1 aromatic carbocycles. The largest absolute Gasteiger partial charge is 0.461 e. The number of hydrogen-bond donors (Lipinski definition) is 2. The number of benzene rings is 1. The summed E-state index contributed by atoms with van der Waals surface area (Å²) in [5.41, 5.74) is 2.71. The second-order valence-corrected chi connectivity index (χ2v) is 8.28. The minimum Gasteiger partial charge on any atom is -0.461 e. The van der Waals surface area contributed by atoms with Crippen molar-refractivity contribution < 1.29 is 14.0 Å². The Morgan fingerprint density at radius 2 is 1.97 bits per heavy atom. The lowest BCUT2D eigenvalue weighted by Crippen LogP contribution is -2.37. The third-order valence-electron chi connectivity index (χ3n) is 4.59. The standard InChI is InChI=1S/C22H25N5O3S/c1-5-11-27-20(17-10-7-12-30-17)25-26-22(27)31-16(4)21(29)23-13-18(28)24-19-14(2)8-6-9-15(19)3/h5-10,12,16H,1,11,13H2,2-4H3,(H,23,29)(H,24,28). The zero-order chi connectivity index (χ0) is 22.4. The average Bonchev–Trinajstić information content (AvgIpc) is 3.40. The molecule has 0 fully saturated rings. The molecule has 2 amide bonds. The summed E-state index contributed by atoms with van der Waals surface area (Å²) in [5.74, 6) is 0.599. The molecule has 2 aromatic heterocycles. The molecule has 0 aliphatic rings. The minimum absolute atomic E-state index is 0.117. The summed E-state index contributed by atoms with van der Waals surface area (Å²) in [6.07, 6.45) is 3.29. The van der Waals surface area contributed by atoms with Crippen LogP contribution in [0.1, 0.15) is 18.1 Å². The fourth-order valence-corrected chi connectivity index (χ4v) is 3.86. The number of furan rings is 1. The summed E-state index contributed by atoms with van der Waals surface area (Å²) in [6.45, 7) is 9.73. The summed E-state index contributed by atoms with van der Waals surface area (Å²) in [6, 6.07) is 9.35. The Morgan fingerprint density at radius 3 is 2.61 bits per heavy atom. The lowest BCUT2D eigenvalue weighted by atomic mass is 10.1. The van der Waals surface area contributed by atoms with E-state index >= 15 is 0 Å². The number of thioether (sulfide) groups is 1. The zero-order valence-electron chi connectivity index (χ0n) is 17.7. The molecular formula is C22H25N5O3S. The van der Waals surface area contributed by atoms with Crippen molar-refractivity contribution >= 4 is 29.3 Å². The number of carbonyl (C=O) groups is 2. The molecule has 0 bridgehead atoms. The van der Waals surface area contributed by atoms with Gasteiger partial charge in [0, 0.05) is 12.2 Å². The molecule has 0 saturated heterocycles. The van der Waals surface area contributed by atoms with Crippen LogP contribution in [0, 0.1) is 13.8 Å². The smallest absolute Gasteiger partial charge is 0.243 e. The van der Waals surface area contributed by atoms with Gasteiger partial charge in [-0.15, -0.1) is 16.8 Å². The third-order valence-corrected chi connectivity index (χ3v) is 5.67. The van der Waals surface area contributed by atoms with Gasteiger partial charge in [0.05, 0.1) is 18.1 Å². The van der Waals surface area contributed by atoms with E-state index < -0.39 is 5.25 Å². The van der Waals surface area contributed by atoms with Crippen LogP contribution in [0.3, 0.4) is 0 Å². The Labute approximate surface area is 185 Å². The summed E-state index contributed by atoms with van der Waals surface area (Å²) in [5, 5.41) is 14.0. The van der Waals surface area contributed by atoms with E-state index in [2.05, 4.69) is 27.4 Å². The molecule has 0 radical (unpaired) electrons. The van der Waals surface area contributed by atoms with Gasteiger partial charge >= 0.3 is 0 Å². The number of para-hydroxylation sites is 1. The summed E-state index contributed by atoms with van der Waals surface area (Å²) in [7, 11) is 0. The number of rotatable bonds is 9. The number of aryl methyl sites for hydroxylation is 2. The van der Waals surface area contributed by atoms with Gasteiger partial charge in [-0.2, -0.15) is 0 Å². The highest BCUT2D eigenvalue weighted by molar-refractivity contribution is 8.00. The normalized spacial score (nSPS) is 11.7. The SMILES string of the molecule is C=CCn1c(SC(C)C(=O)NCC(=O)Nc2c(C)cccc2C)nnc1-c1ccco1. The molecule has 162 valence electrons. The Kier molecular flexibility index (Phi) is 7.30. The second-order valence-electron chi connectivity index (χ2n) is 6.98. The molecule has 31 heavy (non-hydrogen) atoms. The summed E-state index contributed by atoms with van der Waals surface area (Å²) >= 11 is 1.25. The van der Waals surface area contributed by atoms with Crippen molar-refractivity contribution in [2.24, 2.45) is 0 Å². The zero-order valence-corrected chi connectivity index (χ0v) is 18.5. The van der Waals surface area contributed by atoms with Crippen LogP contribution in [0.15, 0.2) is 58.8 Å². The fraction of sp³-hybridized carbons (Fsp3) is 0.273. The number of carbonyl (C=O) groups excluding carboxylic acids is 2. The van der Waals surface area contributed by atoms with E-state index in [4.69, 9.17) is 4.42 Å². The Balaban J connectivity index is 1.60. The van der Waals surface area contributed by atoms with Crippen molar-refractivity contribution in [1.82, 2.24) is 20.1 Å².